The molecule has 0 unspecified atom stereocenters. The van der Waals surface area contributed by atoms with E-state index < -0.39 is 20.4 Å². The quantitative estimate of drug-likeness (QED) is 0.176. The molecule has 0 bridgehead atoms. The predicted molar refractivity (Wildman–Crippen MR) is 127 cm³/mol. The molecule has 2 aliphatic heterocycles. The molecule has 2 aromatic carbocycles. The molecule has 2 amide bonds. The van der Waals surface area contributed by atoms with E-state index in [0.717, 1.165) is 3.58 Å². The monoisotopic (exact) mass is 707 g/mol. The first-order valence-corrected chi connectivity index (χ1v) is 14.7. The van der Waals surface area contributed by atoms with Crippen LogP contribution in [0.25, 0.3) is 6.08 Å². The number of nitrogens with zero attached hydrogens (tertiary/aromatic N) is 3. The molecule has 5 rings (SSSR count). The van der Waals surface area contributed by atoms with E-state index in [9.17, 15) is 9.59 Å². The van der Waals surface area contributed by atoms with Gasteiger partial charge in [0.1, 0.15) is 0 Å². The molecule has 3 heterocycles. The van der Waals surface area contributed by atoms with Gasteiger partial charge in [-0.3, -0.25) is 0 Å². The minimum atomic E-state index is -0.761. The number of amides is 2. The summed E-state index contributed by atoms with van der Waals surface area (Å²) < 4.78 is 5.77. The van der Waals surface area contributed by atoms with Gasteiger partial charge in [-0.2, -0.15) is 0 Å². The van der Waals surface area contributed by atoms with Crippen molar-refractivity contribution in [3.63, 3.8) is 0 Å². The third-order valence-corrected chi connectivity index (χ3v) is 12.0. The van der Waals surface area contributed by atoms with E-state index in [-0.39, 0.29) is 32.3 Å². The van der Waals surface area contributed by atoms with Gasteiger partial charge in [0.2, 0.25) is 0 Å². The van der Waals surface area contributed by atoms with Crippen molar-refractivity contribution in [3.8, 4) is 0 Å². The molecule has 1 aromatic heterocycles. The van der Waals surface area contributed by atoms with Crippen LogP contribution in [-0.4, -0.2) is 96.7 Å². The van der Waals surface area contributed by atoms with Crippen molar-refractivity contribution >= 4 is 103 Å². The zero-order chi connectivity index (χ0) is 21.7. The van der Waals surface area contributed by atoms with Crippen LogP contribution < -0.4 is 13.8 Å². The molecular formula is C23H17N3O2SeTe2. The van der Waals surface area contributed by atoms with E-state index >= 15 is 0 Å². The number of anilines is 3. The number of fused-ring (bicyclic) bond motifs is 2. The Balaban J connectivity index is 1.57. The second-order valence-electron chi connectivity index (χ2n) is 7.12. The van der Waals surface area contributed by atoms with E-state index in [4.69, 9.17) is 0 Å². The molecule has 0 radical (unpaired) electrons. The summed E-state index contributed by atoms with van der Waals surface area (Å²) in [5.74, 6) is -0.469. The topological polar surface area (TPSA) is 43.9 Å². The van der Waals surface area contributed by atoms with Crippen LogP contribution in [-0.2, 0) is 9.59 Å². The van der Waals surface area contributed by atoms with Gasteiger partial charge >= 0.3 is 211 Å². The molecule has 8 heteroatoms. The van der Waals surface area contributed by atoms with Crippen LogP contribution in [0.2, 0.25) is 0 Å². The van der Waals surface area contributed by atoms with Gasteiger partial charge in [0, 0.05) is 0 Å². The van der Waals surface area contributed by atoms with E-state index in [1.807, 2.05) is 6.08 Å². The van der Waals surface area contributed by atoms with Crippen molar-refractivity contribution in [3.05, 3.63) is 69.8 Å². The Morgan fingerprint density at radius 3 is 1.97 bits per heavy atom. The van der Waals surface area contributed by atoms with Crippen molar-refractivity contribution in [2.45, 2.75) is 0 Å². The van der Waals surface area contributed by atoms with Gasteiger partial charge in [0.05, 0.1) is 0 Å². The van der Waals surface area contributed by atoms with Crippen LogP contribution in [0.5, 0.6) is 0 Å². The number of hydrogen-bond acceptors (Lipinski definition) is 3. The molecule has 31 heavy (non-hydrogen) atoms. The zero-order valence-electron chi connectivity index (χ0n) is 16.7. The van der Waals surface area contributed by atoms with Crippen LogP contribution in [0.4, 0.5) is 15.1 Å². The summed E-state index contributed by atoms with van der Waals surface area (Å²) >= 11 is 1.22. The molecular weight excluding hydrogens is 684 g/mol. The Hall–Kier alpha value is -1.63. The molecule has 1 saturated heterocycles. The summed E-state index contributed by atoms with van der Waals surface area (Å²) in [4.78, 5) is 30.9. The van der Waals surface area contributed by atoms with Crippen molar-refractivity contribution < 1.29 is 9.59 Å². The summed E-state index contributed by atoms with van der Waals surface area (Å²) in [6, 6.07) is 21.4. The van der Waals surface area contributed by atoms with Gasteiger partial charge in [0.25, 0.3) is 0 Å². The van der Waals surface area contributed by atoms with E-state index in [2.05, 4.69) is 65.6 Å². The van der Waals surface area contributed by atoms with Crippen molar-refractivity contribution in [1.82, 2.24) is 9.80 Å². The Morgan fingerprint density at radius 2 is 1.39 bits per heavy atom. The first-order valence-electron chi connectivity index (χ1n) is 9.53. The molecule has 0 N–H and O–H groups in total. The molecule has 0 spiro atoms. The van der Waals surface area contributed by atoms with Gasteiger partial charge in [-0.15, -0.1) is 0 Å². The first-order chi connectivity index (χ1) is 15.0. The van der Waals surface area contributed by atoms with Crippen molar-refractivity contribution in [1.29, 1.82) is 0 Å². The Morgan fingerprint density at radius 1 is 0.839 bits per heavy atom. The third-order valence-electron chi connectivity index (χ3n) is 5.20. The molecule has 0 aliphatic carbocycles. The predicted octanol–water partition coefficient (Wildman–Crippen LogP) is 0.751. The molecule has 0 atom stereocenters. The number of rotatable bonds is 2. The molecule has 2 aliphatic rings. The summed E-state index contributed by atoms with van der Waals surface area (Å²) in [5.41, 5.74) is 2.73. The van der Waals surface area contributed by atoms with Crippen LogP contribution >= 0.6 is 0 Å². The van der Waals surface area contributed by atoms with Crippen LogP contribution in [0.3, 0.4) is 0 Å². The van der Waals surface area contributed by atoms with E-state index in [1.165, 1.54) is 24.0 Å². The SMILES string of the molecule is CN1C(=O)C(=Cc2ccc(N3c4ccccc4[Se]c4ccccc43)[te]2)C(=O)N(C)C1=[Te]. The summed E-state index contributed by atoms with van der Waals surface area (Å²) in [5, 5.41) is 0. The Kier molecular flexibility index (Phi) is 5.74. The fourth-order valence-electron chi connectivity index (χ4n) is 3.60. The normalized spacial score (nSPS) is 15.9. The van der Waals surface area contributed by atoms with Crippen molar-refractivity contribution in [2.24, 2.45) is 0 Å². The number of para-hydroxylation sites is 2. The minimum absolute atomic E-state index is 0.235. The van der Waals surface area contributed by atoms with Gasteiger partial charge in [-0.1, -0.05) is 0 Å². The van der Waals surface area contributed by atoms with Gasteiger partial charge in [-0.25, -0.2) is 0 Å². The average Bonchev–Trinajstić information content (AvgIpc) is 3.25. The molecule has 1 fully saturated rings. The summed E-state index contributed by atoms with van der Waals surface area (Å²) in [7, 11) is 3.42. The number of carbonyl (C=O) groups is 2. The number of benzene rings is 2. The Bertz CT molecular complexity index is 1210. The van der Waals surface area contributed by atoms with Crippen LogP contribution in [0.15, 0.2) is 66.2 Å². The Labute approximate surface area is 209 Å². The standard InChI is InChI=1S/C23H17N3O2SeTe2/c1-24-21(27)15(22(28)25(2)23(24)30)13-14-11-12-20(31-14)26-16-7-3-5-9-18(16)29-19-10-6-4-8-17(19)26/h3-13H,1-2H3. The third kappa shape index (κ3) is 3.66. The number of likely N-dealkylation sites (N-methyl/N-ethyl adjacent to an activating group) is 2. The maximum absolute atomic E-state index is 12.7. The van der Waals surface area contributed by atoms with E-state index in [0.29, 0.717) is 3.80 Å². The fraction of sp³-hybridized carbons (Fsp3) is 0.0870. The summed E-state index contributed by atoms with van der Waals surface area (Å²) in [6.07, 6.45) is 1.81. The van der Waals surface area contributed by atoms with Crippen LogP contribution in [0.1, 0.15) is 3.58 Å². The maximum atomic E-state index is 12.7. The second-order valence-corrected chi connectivity index (χ2v) is 13.6. The summed E-state index contributed by atoms with van der Waals surface area (Å²) in [6.45, 7) is 0. The molecule has 5 nitrogen and oxygen atoms in total. The molecule has 3 aromatic rings. The number of carbonyl (C=O) groups excluding carboxylic acids is 2. The molecule has 0 saturated carbocycles. The average molecular weight is 702 g/mol. The number of hydrogen-bond donors (Lipinski definition) is 0. The van der Waals surface area contributed by atoms with Crippen molar-refractivity contribution in [2.75, 3.05) is 19.0 Å². The van der Waals surface area contributed by atoms with E-state index in [1.54, 1.807) is 45.7 Å². The molecule has 154 valence electrons. The zero-order valence-corrected chi connectivity index (χ0v) is 23.1. The van der Waals surface area contributed by atoms with Gasteiger partial charge in [0.15, 0.2) is 0 Å². The van der Waals surface area contributed by atoms with Crippen LogP contribution in [0, 0.1) is 0 Å². The van der Waals surface area contributed by atoms with Gasteiger partial charge < -0.3 is 0 Å². The first kappa shape index (κ1) is 21.2. The fourth-order valence-corrected chi connectivity index (χ4v) is 9.08. The second kappa shape index (κ2) is 8.38. The van der Waals surface area contributed by atoms with Gasteiger partial charge in [-0.05, 0) is 0 Å².